The average Bonchev–Trinajstić information content (AvgIpc) is 2.63. The molecule has 0 aromatic heterocycles. The van der Waals surface area contributed by atoms with Crippen molar-refractivity contribution in [1.82, 2.24) is 10.2 Å². The molecule has 3 rings (SSSR count). The maximum absolute atomic E-state index is 14.5. The van der Waals surface area contributed by atoms with Crippen molar-refractivity contribution < 1.29 is 23.1 Å². The highest BCUT2D eigenvalue weighted by Crippen LogP contribution is 2.31. The number of benzene rings is 2. The SMILES string of the molecule is Cc1ccc(Nc2c(C(=O)N3CC(O)(CNC(C)C)C3)ccc(F)c2F)c(F)c1. The summed E-state index contributed by atoms with van der Waals surface area (Å²) in [5.41, 5.74) is -1.06. The smallest absolute Gasteiger partial charge is 0.256 e. The van der Waals surface area contributed by atoms with Gasteiger partial charge >= 0.3 is 0 Å². The number of carbonyl (C=O) groups is 1. The Balaban J connectivity index is 1.83. The third-order valence-electron chi connectivity index (χ3n) is 4.81. The van der Waals surface area contributed by atoms with E-state index in [9.17, 15) is 23.1 Å². The van der Waals surface area contributed by atoms with Crippen molar-refractivity contribution in [3.05, 3.63) is 58.9 Å². The molecule has 2 aromatic carbocycles. The van der Waals surface area contributed by atoms with E-state index in [4.69, 9.17) is 0 Å². The van der Waals surface area contributed by atoms with Gasteiger partial charge in [0.1, 0.15) is 11.4 Å². The van der Waals surface area contributed by atoms with Gasteiger partial charge in [-0.15, -0.1) is 0 Å². The lowest BCUT2D eigenvalue weighted by molar-refractivity contribution is -0.0793. The van der Waals surface area contributed by atoms with Crippen LogP contribution in [0.5, 0.6) is 0 Å². The highest BCUT2D eigenvalue weighted by Gasteiger charge is 2.44. The number of rotatable bonds is 6. The van der Waals surface area contributed by atoms with Gasteiger partial charge in [-0.2, -0.15) is 0 Å². The zero-order chi connectivity index (χ0) is 21.3. The fourth-order valence-corrected chi connectivity index (χ4v) is 3.19. The van der Waals surface area contributed by atoms with Gasteiger partial charge in [-0.05, 0) is 36.8 Å². The largest absolute Gasteiger partial charge is 0.385 e. The van der Waals surface area contributed by atoms with Gasteiger partial charge in [0.25, 0.3) is 5.91 Å². The van der Waals surface area contributed by atoms with Crippen LogP contribution in [0.25, 0.3) is 0 Å². The molecule has 5 nitrogen and oxygen atoms in total. The van der Waals surface area contributed by atoms with Crippen molar-refractivity contribution in [3.63, 3.8) is 0 Å². The van der Waals surface area contributed by atoms with E-state index < -0.39 is 34.6 Å². The molecule has 1 amide bonds. The predicted octanol–water partition coefficient (Wildman–Crippen LogP) is 3.34. The maximum Gasteiger partial charge on any atom is 0.256 e. The van der Waals surface area contributed by atoms with Crippen LogP contribution in [0.1, 0.15) is 29.8 Å². The van der Waals surface area contributed by atoms with Gasteiger partial charge in [0, 0.05) is 12.6 Å². The topological polar surface area (TPSA) is 64.6 Å². The number of aliphatic hydroxyl groups is 1. The Morgan fingerprint density at radius 3 is 2.48 bits per heavy atom. The molecule has 0 aliphatic carbocycles. The van der Waals surface area contributed by atoms with E-state index in [2.05, 4.69) is 10.6 Å². The van der Waals surface area contributed by atoms with Crippen LogP contribution < -0.4 is 10.6 Å². The van der Waals surface area contributed by atoms with Gasteiger partial charge in [0.15, 0.2) is 11.6 Å². The average molecular weight is 407 g/mol. The normalized spacial score (nSPS) is 15.4. The van der Waals surface area contributed by atoms with E-state index in [1.54, 1.807) is 13.0 Å². The fraction of sp³-hybridized carbons (Fsp3) is 0.381. The van der Waals surface area contributed by atoms with Gasteiger partial charge in [-0.3, -0.25) is 4.79 Å². The van der Waals surface area contributed by atoms with Crippen molar-refractivity contribution in [2.45, 2.75) is 32.4 Å². The van der Waals surface area contributed by atoms with E-state index >= 15 is 0 Å². The molecule has 0 bridgehead atoms. The van der Waals surface area contributed by atoms with Gasteiger partial charge in [0.05, 0.1) is 30.0 Å². The number of amides is 1. The third-order valence-corrected chi connectivity index (χ3v) is 4.81. The van der Waals surface area contributed by atoms with Crippen LogP contribution in [0.15, 0.2) is 30.3 Å². The van der Waals surface area contributed by atoms with E-state index in [0.29, 0.717) is 12.1 Å². The second-order valence-electron chi connectivity index (χ2n) is 7.81. The van der Waals surface area contributed by atoms with Crippen molar-refractivity contribution >= 4 is 17.3 Å². The molecule has 0 spiro atoms. The first-order chi connectivity index (χ1) is 13.6. The number of β-amino-alcohol motifs (C(OH)–C–C–N with tert-alkyl or cyclic N) is 1. The molecule has 1 saturated heterocycles. The molecule has 0 saturated carbocycles. The molecular weight excluding hydrogens is 383 g/mol. The van der Waals surface area contributed by atoms with Crippen LogP contribution in [0.2, 0.25) is 0 Å². The number of nitrogens with one attached hydrogen (secondary N) is 2. The molecule has 1 aliphatic rings. The zero-order valence-corrected chi connectivity index (χ0v) is 16.5. The summed E-state index contributed by atoms with van der Waals surface area (Å²) >= 11 is 0. The molecule has 1 aliphatic heterocycles. The van der Waals surface area contributed by atoms with E-state index in [0.717, 1.165) is 12.1 Å². The monoisotopic (exact) mass is 407 g/mol. The first kappa shape index (κ1) is 21.1. The lowest BCUT2D eigenvalue weighted by Gasteiger charge is -2.47. The van der Waals surface area contributed by atoms with Crippen LogP contribution in [0.4, 0.5) is 24.5 Å². The number of nitrogens with zero attached hydrogens (tertiary/aromatic N) is 1. The summed E-state index contributed by atoms with van der Waals surface area (Å²) in [6, 6.07) is 6.43. The number of halogens is 3. The van der Waals surface area contributed by atoms with E-state index in [-0.39, 0.29) is 30.4 Å². The molecule has 2 aromatic rings. The van der Waals surface area contributed by atoms with Crippen LogP contribution in [0, 0.1) is 24.4 Å². The second kappa shape index (κ2) is 8.04. The number of hydrogen-bond acceptors (Lipinski definition) is 4. The Labute approximate surface area is 167 Å². The molecule has 0 unspecified atom stereocenters. The Morgan fingerprint density at radius 2 is 1.86 bits per heavy atom. The Kier molecular flexibility index (Phi) is 5.86. The van der Waals surface area contributed by atoms with Crippen LogP contribution >= 0.6 is 0 Å². The summed E-state index contributed by atoms with van der Waals surface area (Å²) < 4.78 is 42.5. The number of likely N-dealkylation sites (tertiary alicyclic amines) is 1. The maximum atomic E-state index is 14.5. The number of carbonyl (C=O) groups excluding carboxylic acids is 1. The minimum absolute atomic E-state index is 0.0584. The van der Waals surface area contributed by atoms with Gasteiger partial charge in [-0.25, -0.2) is 13.2 Å². The van der Waals surface area contributed by atoms with Crippen molar-refractivity contribution in [1.29, 1.82) is 0 Å². The molecule has 0 radical (unpaired) electrons. The molecular formula is C21H24F3N3O2. The molecule has 8 heteroatoms. The summed E-state index contributed by atoms with van der Waals surface area (Å²) in [5.74, 6) is -3.65. The summed E-state index contributed by atoms with van der Waals surface area (Å²) in [7, 11) is 0. The van der Waals surface area contributed by atoms with Crippen molar-refractivity contribution in [2.24, 2.45) is 0 Å². The molecule has 29 heavy (non-hydrogen) atoms. The van der Waals surface area contributed by atoms with Crippen molar-refractivity contribution in [3.8, 4) is 0 Å². The van der Waals surface area contributed by atoms with Crippen LogP contribution in [0.3, 0.4) is 0 Å². The van der Waals surface area contributed by atoms with E-state index in [1.807, 2.05) is 13.8 Å². The first-order valence-electron chi connectivity index (χ1n) is 9.36. The highest BCUT2D eigenvalue weighted by molar-refractivity contribution is 6.01. The second-order valence-corrected chi connectivity index (χ2v) is 7.81. The van der Waals surface area contributed by atoms with Gasteiger partial charge < -0.3 is 20.6 Å². The summed E-state index contributed by atoms with van der Waals surface area (Å²) in [6.45, 7) is 6.00. The van der Waals surface area contributed by atoms with E-state index in [1.165, 1.54) is 17.0 Å². The molecule has 0 atom stereocenters. The molecule has 3 N–H and O–H groups in total. The Bertz CT molecular complexity index is 928. The van der Waals surface area contributed by atoms with Crippen molar-refractivity contribution in [2.75, 3.05) is 25.0 Å². The first-order valence-corrected chi connectivity index (χ1v) is 9.36. The quantitative estimate of drug-likeness (QED) is 0.687. The lowest BCUT2D eigenvalue weighted by atomic mass is 9.92. The summed E-state index contributed by atoms with van der Waals surface area (Å²) in [6.07, 6.45) is 0. The molecule has 156 valence electrons. The third kappa shape index (κ3) is 4.54. The molecule has 1 fully saturated rings. The predicted molar refractivity (Wildman–Crippen MR) is 105 cm³/mol. The Hall–Kier alpha value is -2.58. The minimum Gasteiger partial charge on any atom is -0.385 e. The lowest BCUT2D eigenvalue weighted by Crippen LogP contribution is -2.67. The standard InChI is InChI=1S/C21H24F3N3O2/c1-12(2)25-9-21(29)10-27(11-21)20(28)14-5-6-15(22)18(24)19(14)26-17-7-4-13(3)8-16(17)23/h4-8,12,25-26,29H,9-11H2,1-3H3. The number of hydrogen-bond donors (Lipinski definition) is 3. The van der Waals surface area contributed by atoms with Gasteiger partial charge in [0.2, 0.25) is 0 Å². The highest BCUT2D eigenvalue weighted by atomic mass is 19.2. The van der Waals surface area contributed by atoms with Crippen LogP contribution in [-0.4, -0.2) is 47.2 Å². The van der Waals surface area contributed by atoms with Crippen LogP contribution in [-0.2, 0) is 0 Å². The van der Waals surface area contributed by atoms with Gasteiger partial charge in [-0.1, -0.05) is 19.9 Å². The molecule has 1 heterocycles. The summed E-state index contributed by atoms with van der Waals surface area (Å²) in [4.78, 5) is 14.2. The minimum atomic E-state index is -1.27. The Morgan fingerprint density at radius 1 is 1.17 bits per heavy atom. The number of anilines is 2. The zero-order valence-electron chi connectivity index (χ0n) is 16.5. The number of aryl methyl sites for hydroxylation is 1. The fourth-order valence-electron chi connectivity index (χ4n) is 3.19. The summed E-state index contributed by atoms with van der Waals surface area (Å²) in [5, 5.41) is 16.1.